The standard InChI is InChI=1S/C11H18F3N3O2/c12-11(13,14)8-16-9(18)6-15-7-10(19)17-4-2-1-3-5-17/h15H,1-8H2,(H,16,18). The number of nitrogens with one attached hydrogen (secondary N) is 2. The van der Waals surface area contributed by atoms with Gasteiger partial charge in [0.2, 0.25) is 11.8 Å². The third-order valence-electron chi connectivity index (χ3n) is 2.76. The number of carbonyl (C=O) groups is 2. The number of amides is 2. The zero-order valence-corrected chi connectivity index (χ0v) is 10.6. The van der Waals surface area contributed by atoms with Gasteiger partial charge < -0.3 is 10.2 Å². The van der Waals surface area contributed by atoms with Crippen LogP contribution in [0.4, 0.5) is 13.2 Å². The summed E-state index contributed by atoms with van der Waals surface area (Å²) in [5, 5.41) is 4.27. The Morgan fingerprint density at radius 1 is 1.05 bits per heavy atom. The molecule has 0 aromatic carbocycles. The summed E-state index contributed by atoms with van der Waals surface area (Å²) >= 11 is 0. The first kappa shape index (κ1) is 15.7. The minimum absolute atomic E-state index is 0.0283. The molecule has 0 saturated carbocycles. The number of alkyl halides is 3. The second kappa shape index (κ2) is 7.32. The Bertz CT molecular complexity index is 315. The molecule has 0 bridgehead atoms. The maximum atomic E-state index is 11.8. The van der Waals surface area contributed by atoms with Gasteiger partial charge in [0, 0.05) is 13.1 Å². The highest BCUT2D eigenvalue weighted by molar-refractivity contribution is 5.81. The van der Waals surface area contributed by atoms with Crippen molar-refractivity contribution < 1.29 is 22.8 Å². The first-order valence-corrected chi connectivity index (χ1v) is 6.20. The topological polar surface area (TPSA) is 61.4 Å². The number of rotatable bonds is 5. The second-order valence-electron chi connectivity index (χ2n) is 4.44. The Morgan fingerprint density at radius 2 is 1.68 bits per heavy atom. The van der Waals surface area contributed by atoms with Crippen molar-refractivity contribution in [1.29, 1.82) is 0 Å². The maximum absolute atomic E-state index is 11.8. The van der Waals surface area contributed by atoms with Gasteiger partial charge in [0.15, 0.2) is 0 Å². The van der Waals surface area contributed by atoms with Crippen LogP contribution in [0.15, 0.2) is 0 Å². The van der Waals surface area contributed by atoms with Crippen LogP contribution in [0, 0.1) is 0 Å². The predicted molar refractivity (Wildman–Crippen MR) is 62.4 cm³/mol. The summed E-state index contributed by atoms with van der Waals surface area (Å²) in [6.07, 6.45) is -1.37. The molecular weight excluding hydrogens is 263 g/mol. The molecule has 0 unspecified atom stereocenters. The number of nitrogens with zero attached hydrogens (tertiary/aromatic N) is 1. The van der Waals surface area contributed by atoms with Gasteiger partial charge in [0.05, 0.1) is 13.1 Å². The number of likely N-dealkylation sites (tertiary alicyclic amines) is 1. The van der Waals surface area contributed by atoms with Crippen molar-refractivity contribution in [3.8, 4) is 0 Å². The van der Waals surface area contributed by atoms with E-state index in [4.69, 9.17) is 0 Å². The van der Waals surface area contributed by atoms with E-state index < -0.39 is 18.6 Å². The highest BCUT2D eigenvalue weighted by atomic mass is 19.4. The van der Waals surface area contributed by atoms with Gasteiger partial charge in [0.25, 0.3) is 0 Å². The maximum Gasteiger partial charge on any atom is 0.405 e. The van der Waals surface area contributed by atoms with Gasteiger partial charge in [-0.15, -0.1) is 0 Å². The van der Waals surface area contributed by atoms with Crippen LogP contribution in [-0.2, 0) is 9.59 Å². The average molecular weight is 281 g/mol. The number of piperidine rings is 1. The molecule has 0 radical (unpaired) electrons. The van der Waals surface area contributed by atoms with E-state index in [0.717, 1.165) is 19.3 Å². The molecule has 1 aliphatic rings. The van der Waals surface area contributed by atoms with Crippen LogP contribution in [0.5, 0.6) is 0 Å². The summed E-state index contributed by atoms with van der Waals surface area (Å²) in [7, 11) is 0. The van der Waals surface area contributed by atoms with Crippen LogP contribution in [0.3, 0.4) is 0 Å². The molecule has 0 aliphatic carbocycles. The van der Waals surface area contributed by atoms with Gasteiger partial charge >= 0.3 is 6.18 Å². The molecule has 1 aliphatic heterocycles. The van der Waals surface area contributed by atoms with Crippen molar-refractivity contribution in [3.05, 3.63) is 0 Å². The summed E-state index contributed by atoms with van der Waals surface area (Å²) in [5.74, 6) is -0.896. The number of hydrogen-bond donors (Lipinski definition) is 2. The summed E-state index contributed by atoms with van der Waals surface area (Å²) in [6.45, 7) is -0.260. The van der Waals surface area contributed by atoms with Gasteiger partial charge in [-0.1, -0.05) is 0 Å². The van der Waals surface area contributed by atoms with E-state index in [-0.39, 0.29) is 19.0 Å². The quantitative estimate of drug-likeness (QED) is 0.760. The van der Waals surface area contributed by atoms with Gasteiger partial charge in [0.1, 0.15) is 6.54 Å². The molecule has 8 heteroatoms. The molecule has 0 spiro atoms. The van der Waals surface area contributed by atoms with E-state index in [1.807, 2.05) is 0 Å². The summed E-state index contributed by atoms with van der Waals surface area (Å²) < 4.78 is 35.4. The molecule has 0 atom stereocenters. The van der Waals surface area contributed by atoms with Gasteiger partial charge in [-0.25, -0.2) is 0 Å². The van der Waals surface area contributed by atoms with Gasteiger partial charge in [-0.3, -0.25) is 14.9 Å². The summed E-state index contributed by atoms with van der Waals surface area (Å²) in [4.78, 5) is 24.4. The lowest BCUT2D eigenvalue weighted by Gasteiger charge is -2.26. The fourth-order valence-electron chi connectivity index (χ4n) is 1.80. The minimum Gasteiger partial charge on any atom is -0.346 e. The lowest BCUT2D eigenvalue weighted by atomic mass is 10.1. The summed E-state index contributed by atoms with van der Waals surface area (Å²) in [5.41, 5.74) is 0. The normalized spacial score (nSPS) is 16.3. The number of hydrogen-bond acceptors (Lipinski definition) is 3. The van der Waals surface area contributed by atoms with Crippen LogP contribution < -0.4 is 10.6 Å². The Labute approximate surface area is 109 Å². The molecule has 110 valence electrons. The molecule has 1 saturated heterocycles. The fraction of sp³-hybridized carbons (Fsp3) is 0.818. The smallest absolute Gasteiger partial charge is 0.346 e. The van der Waals surface area contributed by atoms with Crippen LogP contribution in [0.2, 0.25) is 0 Å². The van der Waals surface area contributed by atoms with E-state index >= 15 is 0 Å². The lowest BCUT2D eigenvalue weighted by molar-refractivity contribution is -0.138. The predicted octanol–water partition coefficient (Wildman–Crippen LogP) is 0.267. The molecule has 1 heterocycles. The van der Waals surface area contributed by atoms with E-state index in [1.54, 1.807) is 10.2 Å². The van der Waals surface area contributed by atoms with Crippen LogP contribution in [0.25, 0.3) is 0 Å². The van der Waals surface area contributed by atoms with Crippen molar-refractivity contribution in [3.63, 3.8) is 0 Å². The third-order valence-corrected chi connectivity index (χ3v) is 2.76. The Morgan fingerprint density at radius 3 is 2.26 bits per heavy atom. The van der Waals surface area contributed by atoms with E-state index in [2.05, 4.69) is 5.32 Å². The fourth-order valence-corrected chi connectivity index (χ4v) is 1.80. The largest absolute Gasteiger partial charge is 0.405 e. The zero-order chi connectivity index (χ0) is 14.3. The molecule has 19 heavy (non-hydrogen) atoms. The molecular formula is C11H18F3N3O2. The van der Waals surface area contributed by atoms with Crippen molar-refractivity contribution in [2.45, 2.75) is 25.4 Å². The van der Waals surface area contributed by atoms with E-state index in [9.17, 15) is 22.8 Å². The molecule has 5 nitrogen and oxygen atoms in total. The minimum atomic E-state index is -4.42. The number of halogens is 3. The SMILES string of the molecule is O=C(CNCC(=O)N1CCCCC1)NCC(F)(F)F. The molecule has 0 aromatic heterocycles. The molecule has 1 rings (SSSR count). The summed E-state index contributed by atoms with van der Waals surface area (Å²) in [6, 6.07) is 0. The van der Waals surface area contributed by atoms with Crippen molar-refractivity contribution in [2.75, 3.05) is 32.7 Å². The van der Waals surface area contributed by atoms with Gasteiger partial charge in [-0.05, 0) is 19.3 Å². The van der Waals surface area contributed by atoms with Crippen LogP contribution in [0.1, 0.15) is 19.3 Å². The van der Waals surface area contributed by atoms with E-state index in [1.165, 1.54) is 0 Å². The first-order valence-electron chi connectivity index (χ1n) is 6.20. The van der Waals surface area contributed by atoms with E-state index in [0.29, 0.717) is 13.1 Å². The Hall–Kier alpha value is -1.31. The van der Waals surface area contributed by atoms with Crippen molar-refractivity contribution >= 4 is 11.8 Å². The van der Waals surface area contributed by atoms with Crippen molar-refractivity contribution in [2.24, 2.45) is 0 Å². The Kier molecular flexibility index (Phi) is 6.07. The zero-order valence-electron chi connectivity index (χ0n) is 10.6. The molecule has 2 N–H and O–H groups in total. The van der Waals surface area contributed by atoms with Gasteiger partial charge in [-0.2, -0.15) is 13.2 Å². The number of carbonyl (C=O) groups excluding carboxylic acids is 2. The second-order valence-corrected chi connectivity index (χ2v) is 4.44. The van der Waals surface area contributed by atoms with Crippen LogP contribution in [-0.4, -0.2) is 55.6 Å². The van der Waals surface area contributed by atoms with Crippen LogP contribution >= 0.6 is 0 Å². The van der Waals surface area contributed by atoms with Crippen molar-refractivity contribution in [1.82, 2.24) is 15.5 Å². The molecule has 1 fully saturated rings. The highest BCUT2D eigenvalue weighted by Gasteiger charge is 2.27. The monoisotopic (exact) mass is 281 g/mol. The Balaban J connectivity index is 2.12. The molecule has 0 aromatic rings. The lowest BCUT2D eigenvalue weighted by Crippen LogP contribution is -2.44. The first-order chi connectivity index (χ1) is 8.88. The highest BCUT2D eigenvalue weighted by Crippen LogP contribution is 2.11. The average Bonchev–Trinajstić information content (AvgIpc) is 2.36. The third kappa shape index (κ3) is 7.00. The molecule has 2 amide bonds.